The summed E-state index contributed by atoms with van der Waals surface area (Å²) in [6.45, 7) is 3.20. The van der Waals surface area contributed by atoms with Gasteiger partial charge < -0.3 is 10.1 Å². The van der Waals surface area contributed by atoms with Crippen molar-refractivity contribution in [1.29, 1.82) is 0 Å². The second-order valence-electron chi connectivity index (χ2n) is 4.00. The molecule has 0 amide bonds. The molecule has 0 saturated carbocycles. The molecule has 1 atom stereocenters. The minimum Gasteiger partial charge on any atom is -0.497 e. The van der Waals surface area contributed by atoms with E-state index < -0.39 is 0 Å². The van der Waals surface area contributed by atoms with Gasteiger partial charge in [0.05, 0.1) is 7.11 Å². The lowest BCUT2D eigenvalue weighted by Crippen LogP contribution is -2.20. The van der Waals surface area contributed by atoms with E-state index in [9.17, 15) is 0 Å². The lowest BCUT2D eigenvalue weighted by Gasteiger charge is -2.18. The predicted octanol–water partition coefficient (Wildman–Crippen LogP) is 3.23. The number of nitrogens with one attached hydrogen (secondary N) is 1. The van der Waals surface area contributed by atoms with Crippen LogP contribution in [0.3, 0.4) is 0 Å². The molecular weight excluding hydrogens is 218 g/mol. The summed E-state index contributed by atoms with van der Waals surface area (Å²) in [5.41, 5.74) is 1.44. The van der Waals surface area contributed by atoms with Crippen LogP contribution in [0.25, 0.3) is 0 Å². The number of ether oxygens (including phenoxy) is 1. The largest absolute Gasteiger partial charge is 0.497 e. The van der Waals surface area contributed by atoms with Gasteiger partial charge in [-0.15, -0.1) is 11.8 Å². The maximum atomic E-state index is 5.28. The van der Waals surface area contributed by atoms with E-state index in [0.29, 0.717) is 6.04 Å². The van der Waals surface area contributed by atoms with Crippen LogP contribution in [-0.4, -0.2) is 19.4 Å². The lowest BCUT2D eigenvalue weighted by atomic mass is 10.0. The van der Waals surface area contributed by atoms with Crippen molar-refractivity contribution in [3.63, 3.8) is 0 Å². The van der Waals surface area contributed by atoms with Crippen LogP contribution in [0.15, 0.2) is 23.1 Å². The minimum absolute atomic E-state index is 0.515. The van der Waals surface area contributed by atoms with Crippen molar-refractivity contribution < 1.29 is 4.74 Å². The zero-order chi connectivity index (χ0) is 11.4. The molecule has 1 heterocycles. The second-order valence-corrected chi connectivity index (χ2v) is 5.14. The molecular formula is C13H19NOS. The first kappa shape index (κ1) is 11.8. The molecule has 1 N–H and O–H groups in total. The predicted molar refractivity (Wildman–Crippen MR) is 69.4 cm³/mol. The quantitative estimate of drug-likeness (QED) is 0.872. The second kappa shape index (κ2) is 5.60. The SMILES string of the molecule is CCNC1CCCSc2cc(OC)ccc21. The maximum absolute atomic E-state index is 5.28. The van der Waals surface area contributed by atoms with Crippen LogP contribution < -0.4 is 10.1 Å². The van der Waals surface area contributed by atoms with E-state index in [4.69, 9.17) is 4.74 Å². The molecule has 0 bridgehead atoms. The molecule has 0 aromatic heterocycles. The fraction of sp³-hybridized carbons (Fsp3) is 0.538. The average molecular weight is 237 g/mol. The van der Waals surface area contributed by atoms with E-state index in [0.717, 1.165) is 12.3 Å². The highest BCUT2D eigenvalue weighted by Gasteiger charge is 2.18. The third kappa shape index (κ3) is 2.53. The van der Waals surface area contributed by atoms with Gasteiger partial charge in [0.15, 0.2) is 0 Å². The molecule has 1 aromatic rings. The Kier molecular flexibility index (Phi) is 4.13. The van der Waals surface area contributed by atoms with Gasteiger partial charge >= 0.3 is 0 Å². The lowest BCUT2D eigenvalue weighted by molar-refractivity contribution is 0.412. The Bertz CT molecular complexity index is 354. The maximum Gasteiger partial charge on any atom is 0.119 e. The summed E-state index contributed by atoms with van der Waals surface area (Å²) >= 11 is 1.95. The number of fused-ring (bicyclic) bond motifs is 1. The van der Waals surface area contributed by atoms with Crippen molar-refractivity contribution in [1.82, 2.24) is 5.32 Å². The van der Waals surface area contributed by atoms with Gasteiger partial charge in [-0.1, -0.05) is 13.0 Å². The zero-order valence-electron chi connectivity index (χ0n) is 9.95. The van der Waals surface area contributed by atoms with E-state index in [1.807, 2.05) is 11.8 Å². The van der Waals surface area contributed by atoms with Gasteiger partial charge in [0.2, 0.25) is 0 Å². The van der Waals surface area contributed by atoms with Crippen LogP contribution >= 0.6 is 11.8 Å². The normalized spacial score (nSPS) is 20.0. The van der Waals surface area contributed by atoms with Crippen molar-refractivity contribution in [2.24, 2.45) is 0 Å². The first-order chi connectivity index (χ1) is 7.85. The van der Waals surface area contributed by atoms with Crippen molar-refractivity contribution in [3.05, 3.63) is 23.8 Å². The molecule has 0 spiro atoms. The van der Waals surface area contributed by atoms with Gasteiger partial charge in [0, 0.05) is 10.9 Å². The van der Waals surface area contributed by atoms with Crippen LogP contribution in [0, 0.1) is 0 Å². The molecule has 0 radical (unpaired) electrons. The van der Waals surface area contributed by atoms with E-state index >= 15 is 0 Å². The molecule has 0 aliphatic carbocycles. The van der Waals surface area contributed by atoms with Gasteiger partial charge in [0.25, 0.3) is 0 Å². The standard InChI is InChI=1S/C13H19NOS/c1-3-14-12-5-4-8-16-13-9-10(15-2)6-7-11(12)13/h6-7,9,12,14H,3-5,8H2,1-2H3. The van der Waals surface area contributed by atoms with E-state index in [1.54, 1.807) is 7.11 Å². The van der Waals surface area contributed by atoms with E-state index in [1.165, 1.54) is 29.1 Å². The Morgan fingerprint density at radius 1 is 1.50 bits per heavy atom. The third-order valence-corrected chi connectivity index (χ3v) is 4.10. The van der Waals surface area contributed by atoms with E-state index in [2.05, 4.69) is 30.4 Å². The Hall–Kier alpha value is -0.670. The molecule has 2 nitrogen and oxygen atoms in total. The molecule has 1 unspecified atom stereocenters. The molecule has 0 fully saturated rings. The van der Waals surface area contributed by atoms with Gasteiger partial charge in [-0.2, -0.15) is 0 Å². The summed E-state index contributed by atoms with van der Waals surface area (Å²) in [6, 6.07) is 6.95. The number of methoxy groups -OCH3 is 1. The first-order valence-corrected chi connectivity index (χ1v) is 6.88. The Morgan fingerprint density at radius 3 is 3.12 bits per heavy atom. The van der Waals surface area contributed by atoms with Crippen molar-refractivity contribution in [3.8, 4) is 5.75 Å². The van der Waals surface area contributed by atoms with E-state index in [-0.39, 0.29) is 0 Å². The highest BCUT2D eigenvalue weighted by Crippen LogP contribution is 2.36. The number of rotatable bonds is 3. The molecule has 1 aliphatic rings. The smallest absolute Gasteiger partial charge is 0.119 e. The highest BCUT2D eigenvalue weighted by molar-refractivity contribution is 7.99. The molecule has 2 rings (SSSR count). The Morgan fingerprint density at radius 2 is 2.38 bits per heavy atom. The number of hydrogen-bond acceptors (Lipinski definition) is 3. The third-order valence-electron chi connectivity index (χ3n) is 2.94. The van der Waals surface area contributed by atoms with Crippen molar-refractivity contribution >= 4 is 11.8 Å². The molecule has 16 heavy (non-hydrogen) atoms. The number of thioether (sulfide) groups is 1. The summed E-state index contributed by atoms with van der Waals surface area (Å²) < 4.78 is 5.28. The van der Waals surface area contributed by atoms with Crippen LogP contribution in [0.2, 0.25) is 0 Å². The highest BCUT2D eigenvalue weighted by atomic mass is 32.2. The Labute approximate surface area is 102 Å². The van der Waals surface area contributed by atoms with Gasteiger partial charge in [-0.25, -0.2) is 0 Å². The van der Waals surface area contributed by atoms with Gasteiger partial charge in [-0.05, 0) is 42.8 Å². The topological polar surface area (TPSA) is 21.3 Å². The van der Waals surface area contributed by atoms with Crippen molar-refractivity contribution in [2.75, 3.05) is 19.4 Å². The van der Waals surface area contributed by atoms with Crippen LogP contribution in [0.1, 0.15) is 31.4 Å². The fourth-order valence-electron chi connectivity index (χ4n) is 2.14. The minimum atomic E-state index is 0.515. The summed E-state index contributed by atoms with van der Waals surface area (Å²) in [5, 5.41) is 3.56. The molecule has 88 valence electrons. The average Bonchev–Trinajstić information content (AvgIpc) is 2.52. The van der Waals surface area contributed by atoms with Crippen molar-refractivity contribution in [2.45, 2.75) is 30.7 Å². The van der Waals surface area contributed by atoms with Crippen LogP contribution in [0.4, 0.5) is 0 Å². The first-order valence-electron chi connectivity index (χ1n) is 5.89. The zero-order valence-corrected chi connectivity index (χ0v) is 10.8. The summed E-state index contributed by atoms with van der Waals surface area (Å²) in [4.78, 5) is 1.38. The fourth-order valence-corrected chi connectivity index (χ4v) is 3.25. The van der Waals surface area contributed by atoms with Gasteiger partial charge in [-0.3, -0.25) is 0 Å². The molecule has 1 aliphatic heterocycles. The van der Waals surface area contributed by atoms with Crippen LogP contribution in [-0.2, 0) is 0 Å². The molecule has 3 heteroatoms. The monoisotopic (exact) mass is 237 g/mol. The molecule has 0 saturated heterocycles. The summed E-state index contributed by atoms with van der Waals surface area (Å²) in [5.74, 6) is 2.17. The molecule has 1 aromatic carbocycles. The van der Waals surface area contributed by atoms with Crippen LogP contribution in [0.5, 0.6) is 5.75 Å². The summed E-state index contributed by atoms with van der Waals surface area (Å²) in [6.07, 6.45) is 2.51. The Balaban J connectivity index is 2.30. The summed E-state index contributed by atoms with van der Waals surface area (Å²) in [7, 11) is 1.73. The number of hydrogen-bond donors (Lipinski definition) is 1. The number of benzene rings is 1. The van der Waals surface area contributed by atoms with Gasteiger partial charge in [0.1, 0.15) is 5.75 Å².